The molecule has 0 fully saturated rings. The molecule has 15 heavy (non-hydrogen) atoms. The zero-order chi connectivity index (χ0) is 12.2. The van der Waals surface area contributed by atoms with Crippen LogP contribution in [0.3, 0.4) is 0 Å². The van der Waals surface area contributed by atoms with E-state index in [1.807, 2.05) is 0 Å². The number of rotatable bonds is 2. The van der Waals surface area contributed by atoms with Gasteiger partial charge in [-0.3, -0.25) is 4.31 Å². The van der Waals surface area contributed by atoms with Crippen molar-refractivity contribution in [3.63, 3.8) is 0 Å². The van der Waals surface area contributed by atoms with E-state index in [9.17, 15) is 18.9 Å². The molecule has 0 unspecified atom stereocenters. The molecular weight excluding hydrogens is 334 g/mol. The van der Waals surface area contributed by atoms with Crippen molar-refractivity contribution in [2.45, 2.75) is 0 Å². The van der Waals surface area contributed by atoms with Gasteiger partial charge in [-0.15, -0.1) is 0 Å². The SMILES string of the molecule is O=P(O)(O)O.O=P([O-])([O-])OP(=O)(O)O.[Zn+2]. The Morgan fingerprint density at radius 2 is 1.07 bits per heavy atom. The average molecular weight is 339 g/mol. The Bertz CT molecular complexity index is 259. The minimum atomic E-state index is -5.55. The van der Waals surface area contributed by atoms with Crippen LogP contribution in [0.15, 0.2) is 0 Å². The van der Waals surface area contributed by atoms with Gasteiger partial charge in [-0.25, -0.2) is 9.13 Å². The first-order valence-corrected chi connectivity index (χ1v) is 6.83. The largest absolute Gasteiger partial charge is 2.00 e. The molecule has 0 aliphatic rings. The summed E-state index contributed by atoms with van der Waals surface area (Å²) in [5, 5.41) is 0. The topological polar surface area (TPSA) is 208 Å². The molecule has 0 amide bonds. The number of phosphoric acid groups is 3. The van der Waals surface area contributed by atoms with Crippen molar-refractivity contribution < 1.29 is 71.7 Å². The van der Waals surface area contributed by atoms with Gasteiger partial charge in [0.15, 0.2) is 0 Å². The van der Waals surface area contributed by atoms with E-state index in [0.717, 1.165) is 0 Å². The second-order valence-corrected chi connectivity index (χ2v) is 5.09. The van der Waals surface area contributed by atoms with Gasteiger partial charge in [0.25, 0.3) is 0 Å². The van der Waals surface area contributed by atoms with Crippen molar-refractivity contribution in [2.24, 2.45) is 0 Å². The average Bonchev–Trinajstić information content (AvgIpc) is 1.42. The zero-order valence-electron chi connectivity index (χ0n) is 6.73. The van der Waals surface area contributed by atoms with Gasteiger partial charge in [-0.2, -0.15) is 0 Å². The van der Waals surface area contributed by atoms with Crippen LogP contribution in [0.5, 0.6) is 0 Å². The van der Waals surface area contributed by atoms with E-state index in [2.05, 4.69) is 4.31 Å². The van der Waals surface area contributed by atoms with E-state index < -0.39 is 23.5 Å². The molecule has 0 saturated carbocycles. The van der Waals surface area contributed by atoms with Gasteiger partial charge in [0, 0.05) is 0 Å². The van der Waals surface area contributed by atoms with E-state index in [4.69, 9.17) is 29.0 Å². The van der Waals surface area contributed by atoms with Crippen LogP contribution < -0.4 is 9.79 Å². The summed E-state index contributed by atoms with van der Waals surface area (Å²) in [6.45, 7) is 0. The van der Waals surface area contributed by atoms with E-state index in [0.29, 0.717) is 0 Å². The van der Waals surface area contributed by atoms with Crippen LogP contribution in [-0.2, 0) is 37.5 Å². The fraction of sp³-hybridized carbons (Fsp3) is 0. The molecule has 0 aromatic rings. The smallest absolute Gasteiger partial charge is 0.789 e. The molecule has 0 radical (unpaired) electrons. The van der Waals surface area contributed by atoms with Crippen molar-refractivity contribution >= 4 is 23.5 Å². The molecule has 15 heteroatoms. The molecule has 0 heterocycles. The van der Waals surface area contributed by atoms with Crippen LogP contribution >= 0.6 is 23.5 Å². The molecule has 0 atom stereocenters. The monoisotopic (exact) mass is 338 g/mol. The Balaban J connectivity index is -0.000000208. The third kappa shape index (κ3) is 51.8. The van der Waals surface area contributed by atoms with Crippen molar-refractivity contribution in [1.29, 1.82) is 0 Å². The normalized spacial score (nSPS) is 12.2. The first kappa shape index (κ1) is 21.3. The maximum atomic E-state index is 9.55. The maximum absolute atomic E-state index is 9.55. The molecule has 0 aliphatic heterocycles. The molecule has 0 bridgehead atoms. The van der Waals surface area contributed by atoms with Gasteiger partial charge in [0.2, 0.25) is 0 Å². The summed E-state index contributed by atoms with van der Waals surface area (Å²) in [7, 11) is -15.4. The summed E-state index contributed by atoms with van der Waals surface area (Å²) < 4.78 is 30.6. The van der Waals surface area contributed by atoms with Crippen LogP contribution in [-0.4, -0.2) is 24.5 Å². The van der Waals surface area contributed by atoms with Crippen molar-refractivity contribution in [2.75, 3.05) is 0 Å². The number of hydrogen-bond acceptors (Lipinski definition) is 6. The maximum Gasteiger partial charge on any atom is 2.00 e. The molecule has 5 N–H and O–H groups in total. The van der Waals surface area contributed by atoms with Crippen molar-refractivity contribution in [3.05, 3.63) is 0 Å². The second-order valence-electron chi connectivity index (χ2n) is 1.53. The van der Waals surface area contributed by atoms with Crippen LogP contribution in [0, 0.1) is 0 Å². The summed E-state index contributed by atoms with van der Waals surface area (Å²) in [5.41, 5.74) is 0. The van der Waals surface area contributed by atoms with Crippen LogP contribution in [0.1, 0.15) is 0 Å². The third-order valence-corrected chi connectivity index (χ3v) is 1.86. The van der Waals surface area contributed by atoms with E-state index in [1.54, 1.807) is 0 Å². The van der Waals surface area contributed by atoms with E-state index >= 15 is 0 Å². The molecule has 0 aromatic carbocycles. The Morgan fingerprint density at radius 1 is 0.867 bits per heavy atom. The molecule has 0 saturated heterocycles. The molecule has 0 rings (SSSR count). The molecule has 0 spiro atoms. The van der Waals surface area contributed by atoms with E-state index in [-0.39, 0.29) is 19.5 Å². The molecule has 0 aliphatic carbocycles. The van der Waals surface area contributed by atoms with Crippen molar-refractivity contribution in [3.8, 4) is 0 Å². The number of hydrogen-bond donors (Lipinski definition) is 5. The second kappa shape index (κ2) is 7.34. The predicted octanol–water partition coefficient (Wildman–Crippen LogP) is -3.01. The molecular formula is H5O11P3Zn. The first-order valence-electron chi connectivity index (χ1n) is 2.28. The summed E-state index contributed by atoms with van der Waals surface area (Å²) >= 11 is 0. The minimum Gasteiger partial charge on any atom is -0.789 e. The summed E-state index contributed by atoms with van der Waals surface area (Å²) in [4.78, 5) is 55.7. The summed E-state index contributed by atoms with van der Waals surface area (Å²) in [5.74, 6) is 0. The van der Waals surface area contributed by atoms with Gasteiger partial charge in [-0.1, -0.05) is 0 Å². The predicted molar refractivity (Wildman–Crippen MR) is 35.0 cm³/mol. The van der Waals surface area contributed by atoms with Gasteiger partial charge in [-0.05, 0) is 0 Å². The Kier molecular flexibility index (Phi) is 10.4. The quantitative estimate of drug-likeness (QED) is 0.253. The molecule has 0 aromatic heterocycles. The van der Waals surface area contributed by atoms with Crippen molar-refractivity contribution in [1.82, 2.24) is 0 Å². The van der Waals surface area contributed by atoms with Crippen LogP contribution in [0.2, 0.25) is 0 Å². The van der Waals surface area contributed by atoms with Gasteiger partial charge < -0.3 is 38.8 Å². The minimum absolute atomic E-state index is 0. The first-order chi connectivity index (χ1) is 5.71. The van der Waals surface area contributed by atoms with Gasteiger partial charge in [0.05, 0.1) is 7.82 Å². The fourth-order valence-electron chi connectivity index (χ4n) is 0.130. The molecule has 11 nitrogen and oxygen atoms in total. The summed E-state index contributed by atoms with van der Waals surface area (Å²) in [6.07, 6.45) is 0. The fourth-order valence-corrected chi connectivity index (χ4v) is 1.17. The standard InChI is InChI=1S/H4O7P2.H3O4P.Zn/c1-8(2,3)7-9(4,5)6;1-5(2,3)4;/h(H2,1,2,3)(H2,4,5,6);(H3,1,2,3,4);/q;;+2/p-2. The Labute approximate surface area is 95.6 Å². The Hall–Kier alpha value is 0.993. The third-order valence-electron chi connectivity index (χ3n) is 0.206. The molecule has 88 valence electrons. The zero-order valence-corrected chi connectivity index (χ0v) is 12.4. The summed E-state index contributed by atoms with van der Waals surface area (Å²) in [6, 6.07) is 0. The van der Waals surface area contributed by atoms with Crippen LogP contribution in [0.25, 0.3) is 0 Å². The van der Waals surface area contributed by atoms with Gasteiger partial charge >= 0.3 is 35.1 Å². The van der Waals surface area contributed by atoms with E-state index in [1.165, 1.54) is 0 Å². The van der Waals surface area contributed by atoms with Gasteiger partial charge in [0.1, 0.15) is 0 Å². The van der Waals surface area contributed by atoms with Crippen LogP contribution in [0.4, 0.5) is 0 Å². The Morgan fingerprint density at radius 3 is 1.07 bits per heavy atom.